The van der Waals surface area contributed by atoms with Crippen LogP contribution in [0.3, 0.4) is 0 Å². The second-order valence-corrected chi connectivity index (χ2v) is 4.52. The molecule has 0 radical (unpaired) electrons. The molecular weight excluding hydrogens is 332 g/mol. The Bertz CT molecular complexity index is 689. The van der Waals surface area contributed by atoms with Crippen LogP contribution in [0.4, 0.5) is 5.69 Å². The van der Waals surface area contributed by atoms with Crippen LogP contribution >= 0.6 is 15.9 Å². The monoisotopic (exact) mass is 338 g/mol. The van der Waals surface area contributed by atoms with Crippen LogP contribution in [0.5, 0.6) is 11.5 Å². The highest BCUT2D eigenvalue weighted by Crippen LogP contribution is 2.37. The summed E-state index contributed by atoms with van der Waals surface area (Å²) in [6, 6.07) is 5.60. The maximum absolute atomic E-state index is 10.9. The fourth-order valence-electron chi connectivity index (χ4n) is 1.45. The number of carboxylic acid groups (broad SMARTS) is 1. The number of benzene rings is 1. The van der Waals surface area contributed by atoms with Gasteiger partial charge in [-0.2, -0.15) is 0 Å². The quantitative estimate of drug-likeness (QED) is 0.678. The van der Waals surface area contributed by atoms with Crippen molar-refractivity contribution in [2.75, 3.05) is 0 Å². The predicted octanol–water partition coefficient (Wildman–Crippen LogP) is 3.24. The largest absolute Gasteiger partial charge is 0.478 e. The fourth-order valence-corrected chi connectivity index (χ4v) is 1.89. The van der Waals surface area contributed by atoms with Gasteiger partial charge >= 0.3 is 11.7 Å². The van der Waals surface area contributed by atoms with Crippen molar-refractivity contribution in [3.05, 3.63) is 56.8 Å². The average molecular weight is 339 g/mol. The predicted molar refractivity (Wildman–Crippen MR) is 72.1 cm³/mol. The number of rotatable bonds is 4. The summed E-state index contributed by atoms with van der Waals surface area (Å²) in [4.78, 5) is 24.9. The maximum atomic E-state index is 10.9. The number of nitro groups is 1. The number of carboxylic acids is 1. The molecule has 0 bridgehead atoms. The zero-order chi connectivity index (χ0) is 14.7. The second-order valence-electron chi connectivity index (χ2n) is 3.66. The molecule has 0 aliphatic carbocycles. The summed E-state index contributed by atoms with van der Waals surface area (Å²) in [5.41, 5.74) is -0.308. The van der Waals surface area contributed by atoms with Gasteiger partial charge in [-0.15, -0.1) is 0 Å². The van der Waals surface area contributed by atoms with E-state index in [-0.39, 0.29) is 22.7 Å². The molecule has 1 aromatic carbocycles. The zero-order valence-electron chi connectivity index (χ0n) is 9.82. The lowest BCUT2D eigenvalue weighted by atomic mass is 10.2. The summed E-state index contributed by atoms with van der Waals surface area (Å²) in [7, 11) is 0. The third-order valence-corrected chi connectivity index (χ3v) is 2.95. The van der Waals surface area contributed by atoms with E-state index in [1.54, 1.807) is 6.07 Å². The first kappa shape index (κ1) is 13.9. The van der Waals surface area contributed by atoms with E-state index in [1.165, 1.54) is 24.4 Å². The molecule has 0 fully saturated rings. The summed E-state index contributed by atoms with van der Waals surface area (Å²) in [5, 5.41) is 19.8. The first-order valence-corrected chi connectivity index (χ1v) is 6.07. The highest BCUT2D eigenvalue weighted by atomic mass is 79.9. The molecule has 102 valence electrons. The Labute approximate surface area is 121 Å². The molecule has 2 aromatic rings. The number of nitro benzene ring substituents is 1. The van der Waals surface area contributed by atoms with Crippen molar-refractivity contribution < 1.29 is 19.6 Å². The van der Waals surface area contributed by atoms with E-state index in [0.29, 0.717) is 4.47 Å². The van der Waals surface area contributed by atoms with Gasteiger partial charge in [-0.3, -0.25) is 15.1 Å². The van der Waals surface area contributed by atoms with E-state index >= 15 is 0 Å². The summed E-state index contributed by atoms with van der Waals surface area (Å²) in [6.07, 6.45) is 2.43. The van der Waals surface area contributed by atoms with Crippen LogP contribution in [0, 0.1) is 10.1 Å². The number of hydrogen-bond acceptors (Lipinski definition) is 5. The van der Waals surface area contributed by atoms with Crippen LogP contribution in [-0.2, 0) is 0 Å². The smallest absolute Gasteiger partial charge is 0.337 e. The molecule has 20 heavy (non-hydrogen) atoms. The highest BCUT2D eigenvalue weighted by molar-refractivity contribution is 9.10. The molecule has 1 heterocycles. The molecule has 1 N–H and O–H groups in total. The molecule has 0 amide bonds. The third kappa shape index (κ3) is 2.91. The van der Waals surface area contributed by atoms with E-state index in [1.807, 2.05) is 0 Å². The Hall–Kier alpha value is -2.48. The number of para-hydroxylation sites is 1. The lowest BCUT2D eigenvalue weighted by Crippen LogP contribution is -1.99. The number of aromatic nitrogens is 1. The average Bonchev–Trinajstić information content (AvgIpc) is 2.41. The van der Waals surface area contributed by atoms with Crippen LogP contribution < -0.4 is 4.74 Å². The van der Waals surface area contributed by atoms with Crippen LogP contribution in [0.15, 0.2) is 41.1 Å². The Morgan fingerprint density at radius 1 is 1.40 bits per heavy atom. The molecule has 2 rings (SSSR count). The van der Waals surface area contributed by atoms with Gasteiger partial charge in [0.2, 0.25) is 5.75 Å². The number of aromatic carboxylic acids is 1. The van der Waals surface area contributed by atoms with Gasteiger partial charge in [-0.25, -0.2) is 4.79 Å². The first-order chi connectivity index (χ1) is 9.49. The lowest BCUT2D eigenvalue weighted by molar-refractivity contribution is -0.385. The Balaban J connectivity index is 2.42. The number of halogens is 1. The first-order valence-electron chi connectivity index (χ1n) is 5.28. The highest BCUT2D eigenvalue weighted by Gasteiger charge is 2.19. The normalized spacial score (nSPS) is 10.1. The van der Waals surface area contributed by atoms with Gasteiger partial charge in [-0.05, 0) is 28.1 Å². The van der Waals surface area contributed by atoms with Crippen molar-refractivity contribution in [2.24, 2.45) is 0 Å². The molecule has 8 heteroatoms. The Kier molecular flexibility index (Phi) is 3.94. The van der Waals surface area contributed by atoms with E-state index in [4.69, 9.17) is 9.84 Å². The Morgan fingerprint density at radius 2 is 2.15 bits per heavy atom. The number of hydrogen-bond donors (Lipinski definition) is 1. The summed E-state index contributed by atoms with van der Waals surface area (Å²) >= 11 is 3.15. The summed E-state index contributed by atoms with van der Waals surface area (Å²) in [6.45, 7) is 0. The van der Waals surface area contributed by atoms with Gasteiger partial charge in [0, 0.05) is 12.3 Å². The van der Waals surface area contributed by atoms with Gasteiger partial charge in [0.25, 0.3) is 0 Å². The standard InChI is InChI=1S/C12H7BrN2O5/c13-9-2-1-3-10(15(18)19)11(9)20-8-4-7(12(16)17)5-14-6-8/h1-6H,(H,16,17). The maximum Gasteiger partial charge on any atom is 0.337 e. The van der Waals surface area contributed by atoms with Gasteiger partial charge in [0.05, 0.1) is 21.2 Å². The van der Waals surface area contributed by atoms with Gasteiger partial charge < -0.3 is 9.84 Å². The molecule has 0 atom stereocenters. The molecule has 7 nitrogen and oxygen atoms in total. The molecule has 0 aliphatic rings. The van der Waals surface area contributed by atoms with Gasteiger partial charge in [-0.1, -0.05) is 6.07 Å². The molecule has 0 spiro atoms. The summed E-state index contributed by atoms with van der Waals surface area (Å²) < 4.78 is 5.76. The van der Waals surface area contributed by atoms with Crippen molar-refractivity contribution in [3.63, 3.8) is 0 Å². The van der Waals surface area contributed by atoms with Crippen LogP contribution in [-0.4, -0.2) is 21.0 Å². The molecule has 0 saturated heterocycles. The van der Waals surface area contributed by atoms with Crippen molar-refractivity contribution in [1.82, 2.24) is 4.98 Å². The minimum atomic E-state index is -1.16. The SMILES string of the molecule is O=C(O)c1cncc(Oc2c(Br)cccc2[N+](=O)[O-])c1. The van der Waals surface area contributed by atoms with Crippen molar-refractivity contribution in [3.8, 4) is 11.5 Å². The minimum absolute atomic E-state index is 0.0122. The molecule has 0 unspecified atom stereocenters. The van der Waals surface area contributed by atoms with Crippen LogP contribution in [0.1, 0.15) is 10.4 Å². The second kappa shape index (κ2) is 5.66. The van der Waals surface area contributed by atoms with Gasteiger partial charge in [0.1, 0.15) is 5.75 Å². The zero-order valence-corrected chi connectivity index (χ0v) is 11.4. The van der Waals surface area contributed by atoms with Crippen molar-refractivity contribution >= 4 is 27.6 Å². The van der Waals surface area contributed by atoms with E-state index in [9.17, 15) is 14.9 Å². The van der Waals surface area contributed by atoms with Crippen molar-refractivity contribution in [2.45, 2.75) is 0 Å². The molecular formula is C12H7BrN2O5. The third-order valence-electron chi connectivity index (χ3n) is 2.32. The van der Waals surface area contributed by atoms with E-state index in [0.717, 1.165) is 6.20 Å². The number of pyridine rings is 1. The van der Waals surface area contributed by atoms with Crippen LogP contribution in [0.25, 0.3) is 0 Å². The topological polar surface area (TPSA) is 103 Å². The van der Waals surface area contributed by atoms with E-state index in [2.05, 4.69) is 20.9 Å². The molecule has 1 aromatic heterocycles. The Morgan fingerprint density at radius 3 is 2.80 bits per heavy atom. The van der Waals surface area contributed by atoms with Crippen LogP contribution in [0.2, 0.25) is 0 Å². The molecule has 0 aliphatic heterocycles. The minimum Gasteiger partial charge on any atom is -0.478 e. The lowest BCUT2D eigenvalue weighted by Gasteiger charge is -2.08. The number of carbonyl (C=O) groups is 1. The van der Waals surface area contributed by atoms with Gasteiger partial charge in [0.15, 0.2) is 0 Å². The van der Waals surface area contributed by atoms with E-state index < -0.39 is 10.9 Å². The number of nitrogens with zero attached hydrogens (tertiary/aromatic N) is 2. The molecule has 0 saturated carbocycles. The fraction of sp³-hybridized carbons (Fsp3) is 0. The number of ether oxygens (including phenoxy) is 1. The van der Waals surface area contributed by atoms with Crippen molar-refractivity contribution in [1.29, 1.82) is 0 Å². The summed E-state index contributed by atoms with van der Waals surface area (Å²) in [5.74, 6) is -1.08.